The zero-order valence-corrected chi connectivity index (χ0v) is 16.6. The largest absolute Gasteiger partial charge is 0.265 e. The molecule has 0 saturated carbocycles. The molecule has 0 spiro atoms. The highest BCUT2D eigenvalue weighted by Gasteiger charge is 2.25. The van der Waals surface area contributed by atoms with Crippen LogP contribution in [0.15, 0.2) is 126 Å². The lowest BCUT2D eigenvalue weighted by Gasteiger charge is -2.22. The maximum absolute atomic E-state index is 10.2. The highest BCUT2D eigenvalue weighted by molar-refractivity contribution is 6.13. The van der Waals surface area contributed by atoms with E-state index in [9.17, 15) is 5.26 Å². The van der Waals surface area contributed by atoms with Crippen LogP contribution in [0.1, 0.15) is 28.2 Å². The van der Waals surface area contributed by atoms with Gasteiger partial charge in [-0.1, -0.05) is 121 Å². The molecule has 0 radical (unpaired) electrons. The Bertz CT molecular complexity index is 1050. The number of hydrogen-bond donors (Lipinski definition) is 0. The van der Waals surface area contributed by atoms with Crippen molar-refractivity contribution in [2.24, 2.45) is 4.99 Å². The first-order chi connectivity index (χ1) is 14.9. The van der Waals surface area contributed by atoms with Crippen molar-refractivity contribution in [2.75, 3.05) is 0 Å². The van der Waals surface area contributed by atoms with Gasteiger partial charge in [0.15, 0.2) is 0 Å². The zero-order valence-electron chi connectivity index (χ0n) is 16.6. The Labute approximate surface area is 177 Å². The molecule has 0 saturated heterocycles. The molecule has 0 bridgehead atoms. The molecule has 4 aromatic carbocycles. The van der Waals surface area contributed by atoms with Crippen LogP contribution < -0.4 is 0 Å². The Morgan fingerprint density at radius 2 is 0.933 bits per heavy atom. The lowest BCUT2D eigenvalue weighted by molar-refractivity contribution is 0.713. The van der Waals surface area contributed by atoms with Crippen LogP contribution in [0.4, 0.5) is 0 Å². The van der Waals surface area contributed by atoms with Crippen LogP contribution in [-0.2, 0) is 0 Å². The number of rotatable bonds is 6. The summed E-state index contributed by atoms with van der Waals surface area (Å²) in [4.78, 5) is 5.04. The van der Waals surface area contributed by atoms with E-state index in [1.807, 2.05) is 97.1 Å². The van der Waals surface area contributed by atoms with E-state index in [2.05, 4.69) is 30.3 Å². The van der Waals surface area contributed by atoms with Crippen LogP contribution in [0.3, 0.4) is 0 Å². The van der Waals surface area contributed by atoms with Crippen LogP contribution in [0.25, 0.3) is 0 Å². The molecule has 0 aliphatic rings. The van der Waals surface area contributed by atoms with Gasteiger partial charge in [0.05, 0.1) is 11.8 Å². The lowest BCUT2D eigenvalue weighted by Crippen LogP contribution is -2.19. The van der Waals surface area contributed by atoms with Crippen molar-refractivity contribution < 1.29 is 0 Å². The number of aliphatic imine (C=N–C) groups is 1. The molecule has 1 unspecified atom stereocenters. The van der Waals surface area contributed by atoms with Gasteiger partial charge in [0.2, 0.25) is 0 Å². The molecule has 0 aromatic heterocycles. The van der Waals surface area contributed by atoms with Gasteiger partial charge in [-0.2, -0.15) is 5.26 Å². The third-order valence-electron chi connectivity index (χ3n) is 5.13. The van der Waals surface area contributed by atoms with Crippen LogP contribution in [0.5, 0.6) is 0 Å². The minimum absolute atomic E-state index is 0.153. The summed E-state index contributed by atoms with van der Waals surface area (Å²) in [5.41, 5.74) is 5.01. The molecule has 0 fully saturated rings. The minimum Gasteiger partial charge on any atom is -0.265 e. The molecule has 4 rings (SSSR count). The Morgan fingerprint density at radius 1 is 0.567 bits per heavy atom. The van der Waals surface area contributed by atoms with Gasteiger partial charge in [-0.05, 0) is 11.1 Å². The first-order valence-corrected chi connectivity index (χ1v) is 10.0. The van der Waals surface area contributed by atoms with Gasteiger partial charge in [0.25, 0.3) is 0 Å². The molecule has 2 heteroatoms. The molecule has 0 aliphatic heterocycles. The molecule has 30 heavy (non-hydrogen) atoms. The molecular weight excluding hydrogens is 364 g/mol. The highest BCUT2D eigenvalue weighted by Crippen LogP contribution is 2.30. The maximum Gasteiger partial charge on any atom is 0.148 e. The first kappa shape index (κ1) is 19.4. The smallest absolute Gasteiger partial charge is 0.148 e. The van der Waals surface area contributed by atoms with E-state index in [1.165, 1.54) is 0 Å². The molecule has 0 heterocycles. The van der Waals surface area contributed by atoms with Gasteiger partial charge in [-0.3, -0.25) is 4.99 Å². The van der Waals surface area contributed by atoms with E-state index in [4.69, 9.17) is 4.99 Å². The van der Waals surface area contributed by atoms with Crippen molar-refractivity contribution in [1.82, 2.24) is 0 Å². The maximum atomic E-state index is 10.2. The van der Waals surface area contributed by atoms with Crippen LogP contribution in [-0.4, -0.2) is 11.8 Å². The Balaban J connectivity index is 1.87. The minimum atomic E-state index is -0.565. The third-order valence-corrected chi connectivity index (χ3v) is 5.13. The van der Waals surface area contributed by atoms with Crippen molar-refractivity contribution in [1.29, 1.82) is 5.26 Å². The van der Waals surface area contributed by atoms with E-state index in [0.717, 1.165) is 28.0 Å². The van der Waals surface area contributed by atoms with Crippen molar-refractivity contribution in [3.05, 3.63) is 144 Å². The van der Waals surface area contributed by atoms with Crippen LogP contribution in [0, 0.1) is 11.3 Å². The highest BCUT2D eigenvalue weighted by atomic mass is 14.8. The second-order valence-electron chi connectivity index (χ2n) is 7.08. The first-order valence-electron chi connectivity index (χ1n) is 10.0. The van der Waals surface area contributed by atoms with Crippen molar-refractivity contribution >= 4 is 5.71 Å². The fraction of sp³-hybridized carbons (Fsp3) is 0.0714. The zero-order chi connectivity index (χ0) is 20.6. The quantitative estimate of drug-likeness (QED) is 0.361. The van der Waals surface area contributed by atoms with Crippen LogP contribution >= 0.6 is 0 Å². The van der Waals surface area contributed by atoms with E-state index < -0.39 is 6.04 Å². The Kier molecular flexibility index (Phi) is 6.13. The van der Waals surface area contributed by atoms with Gasteiger partial charge in [-0.25, -0.2) is 0 Å². The molecule has 1 atom stereocenters. The number of hydrogen-bond acceptors (Lipinski definition) is 2. The number of benzene rings is 4. The summed E-state index contributed by atoms with van der Waals surface area (Å²) in [6.45, 7) is 0. The Morgan fingerprint density at radius 3 is 1.30 bits per heavy atom. The summed E-state index contributed by atoms with van der Waals surface area (Å²) >= 11 is 0. The van der Waals surface area contributed by atoms with E-state index in [-0.39, 0.29) is 5.92 Å². The van der Waals surface area contributed by atoms with E-state index in [1.54, 1.807) is 0 Å². The summed E-state index contributed by atoms with van der Waals surface area (Å²) in [5, 5.41) is 10.2. The molecule has 144 valence electrons. The molecule has 0 aliphatic carbocycles. The average molecular weight is 386 g/mol. The summed E-state index contributed by atoms with van der Waals surface area (Å²) in [5.74, 6) is -0.153. The second kappa shape index (κ2) is 9.49. The van der Waals surface area contributed by atoms with Crippen molar-refractivity contribution in [3.8, 4) is 6.07 Å². The van der Waals surface area contributed by atoms with Gasteiger partial charge in [-0.15, -0.1) is 0 Å². The fourth-order valence-corrected chi connectivity index (χ4v) is 3.70. The molecular formula is C28H22N2. The summed E-state index contributed by atoms with van der Waals surface area (Å²) in [7, 11) is 0. The molecule has 0 amide bonds. The van der Waals surface area contributed by atoms with Crippen LogP contribution in [0.2, 0.25) is 0 Å². The van der Waals surface area contributed by atoms with E-state index in [0.29, 0.717) is 0 Å². The van der Waals surface area contributed by atoms with E-state index >= 15 is 0 Å². The average Bonchev–Trinajstić information content (AvgIpc) is 2.84. The molecule has 4 aromatic rings. The monoisotopic (exact) mass is 386 g/mol. The standard InChI is InChI=1S/C28H22N2/c29-21-26(27(22-13-5-1-6-14-22)23-15-7-2-8-16-23)30-28(24-17-9-3-10-18-24)25-19-11-4-12-20-25/h1-20,26-27H. The van der Waals surface area contributed by atoms with Gasteiger partial charge < -0.3 is 0 Å². The summed E-state index contributed by atoms with van der Waals surface area (Å²) in [6.07, 6.45) is 0. The topological polar surface area (TPSA) is 36.1 Å². The number of nitriles is 1. The van der Waals surface area contributed by atoms with Crippen molar-refractivity contribution in [2.45, 2.75) is 12.0 Å². The number of nitrogens with zero attached hydrogens (tertiary/aromatic N) is 2. The van der Waals surface area contributed by atoms with Gasteiger partial charge in [0, 0.05) is 17.0 Å². The SMILES string of the molecule is N#CC(N=C(c1ccccc1)c1ccccc1)C(c1ccccc1)c1ccccc1. The van der Waals surface area contributed by atoms with Crippen molar-refractivity contribution in [3.63, 3.8) is 0 Å². The predicted octanol–water partition coefficient (Wildman–Crippen LogP) is 6.25. The Hall–Kier alpha value is -3.96. The molecule has 2 nitrogen and oxygen atoms in total. The predicted molar refractivity (Wildman–Crippen MR) is 123 cm³/mol. The third kappa shape index (κ3) is 4.37. The lowest BCUT2D eigenvalue weighted by atomic mass is 9.85. The van der Waals surface area contributed by atoms with Gasteiger partial charge in [0.1, 0.15) is 6.04 Å². The fourth-order valence-electron chi connectivity index (χ4n) is 3.70. The summed E-state index contributed by atoms with van der Waals surface area (Å²) < 4.78 is 0. The normalized spacial score (nSPS) is 11.5. The summed E-state index contributed by atoms with van der Waals surface area (Å²) in [6, 6.07) is 42.4. The van der Waals surface area contributed by atoms with Gasteiger partial charge >= 0.3 is 0 Å². The second-order valence-corrected chi connectivity index (χ2v) is 7.08. The molecule has 0 N–H and O–H groups in total.